The van der Waals surface area contributed by atoms with Crippen LogP contribution in [0.3, 0.4) is 0 Å². The summed E-state index contributed by atoms with van der Waals surface area (Å²) in [7, 11) is 1.82. The third-order valence-corrected chi connectivity index (χ3v) is 2.90. The average Bonchev–Trinajstić information content (AvgIpc) is 2.83. The summed E-state index contributed by atoms with van der Waals surface area (Å²) >= 11 is 0. The van der Waals surface area contributed by atoms with Gasteiger partial charge in [-0.25, -0.2) is 0 Å². The summed E-state index contributed by atoms with van der Waals surface area (Å²) in [5, 5.41) is 3.22. The molecule has 0 aliphatic carbocycles. The number of aromatic nitrogens is 1. The number of carbonyl (C=O) groups is 1. The number of H-pyrrole nitrogens is 1. The fourth-order valence-corrected chi connectivity index (χ4v) is 1.91. The van der Waals surface area contributed by atoms with Crippen molar-refractivity contribution in [1.29, 1.82) is 0 Å². The molecule has 17 heavy (non-hydrogen) atoms. The van der Waals surface area contributed by atoms with E-state index >= 15 is 0 Å². The number of rotatable bonds is 4. The van der Waals surface area contributed by atoms with Crippen LogP contribution in [0.1, 0.15) is 12.1 Å². The van der Waals surface area contributed by atoms with Crippen LogP contribution in [0.5, 0.6) is 0 Å². The first kappa shape index (κ1) is 12.1. The summed E-state index contributed by atoms with van der Waals surface area (Å²) in [6.07, 6.45) is 2.33. The molecule has 0 spiro atoms. The molecule has 1 aliphatic rings. The Kier molecular flexibility index (Phi) is 4.17. The van der Waals surface area contributed by atoms with Crippen LogP contribution in [0.2, 0.25) is 0 Å². The van der Waals surface area contributed by atoms with Crippen LogP contribution in [0.25, 0.3) is 0 Å². The molecule has 1 aliphatic heterocycles. The number of nitrogens with one attached hydrogen (secondary N) is 2. The second kappa shape index (κ2) is 5.84. The van der Waals surface area contributed by atoms with Gasteiger partial charge < -0.3 is 19.9 Å². The number of morpholine rings is 1. The van der Waals surface area contributed by atoms with Crippen LogP contribution in [0.15, 0.2) is 18.3 Å². The van der Waals surface area contributed by atoms with Crippen molar-refractivity contribution >= 4 is 5.91 Å². The molecule has 0 saturated carbocycles. The highest BCUT2D eigenvalue weighted by atomic mass is 16.5. The number of aromatic amines is 1. The maximum Gasteiger partial charge on any atom is 0.225 e. The molecule has 0 bridgehead atoms. The SMILES string of the molecule is CN(Cc1ccc[nH]1)C(=O)CC1CNCCO1. The molecular formula is C12H19N3O2. The molecule has 0 radical (unpaired) electrons. The highest BCUT2D eigenvalue weighted by molar-refractivity contribution is 5.76. The summed E-state index contributed by atoms with van der Waals surface area (Å²) in [5.41, 5.74) is 1.04. The Morgan fingerprint density at radius 3 is 3.18 bits per heavy atom. The van der Waals surface area contributed by atoms with Crippen LogP contribution in [0.4, 0.5) is 0 Å². The van der Waals surface area contributed by atoms with Gasteiger partial charge in [-0.15, -0.1) is 0 Å². The average molecular weight is 237 g/mol. The molecule has 0 aromatic carbocycles. The summed E-state index contributed by atoms with van der Waals surface area (Å²) in [5.74, 6) is 0.119. The smallest absolute Gasteiger partial charge is 0.225 e. The minimum absolute atomic E-state index is 0.0161. The van der Waals surface area contributed by atoms with Crippen LogP contribution >= 0.6 is 0 Å². The van der Waals surface area contributed by atoms with Crippen molar-refractivity contribution in [3.05, 3.63) is 24.0 Å². The Bertz CT molecular complexity index is 345. The Morgan fingerprint density at radius 2 is 2.53 bits per heavy atom. The third-order valence-electron chi connectivity index (χ3n) is 2.90. The van der Waals surface area contributed by atoms with Gasteiger partial charge in [-0.05, 0) is 12.1 Å². The van der Waals surface area contributed by atoms with E-state index in [1.165, 1.54) is 0 Å². The number of carbonyl (C=O) groups excluding carboxylic acids is 1. The maximum atomic E-state index is 11.9. The van der Waals surface area contributed by atoms with Gasteiger partial charge in [-0.3, -0.25) is 4.79 Å². The normalized spacial score (nSPS) is 20.2. The summed E-state index contributed by atoms with van der Waals surface area (Å²) < 4.78 is 5.52. The van der Waals surface area contributed by atoms with Crippen LogP contribution < -0.4 is 5.32 Å². The van der Waals surface area contributed by atoms with E-state index < -0.39 is 0 Å². The first-order valence-corrected chi connectivity index (χ1v) is 5.94. The fourth-order valence-electron chi connectivity index (χ4n) is 1.91. The molecule has 94 valence electrons. The summed E-state index contributed by atoms with van der Waals surface area (Å²) in [6.45, 7) is 2.95. The van der Waals surface area contributed by atoms with Gasteiger partial charge in [-0.2, -0.15) is 0 Å². The van der Waals surface area contributed by atoms with Gasteiger partial charge in [0.1, 0.15) is 0 Å². The summed E-state index contributed by atoms with van der Waals surface area (Å²) in [6, 6.07) is 3.91. The standard InChI is InChI=1S/C12H19N3O2/c1-15(9-10-3-2-4-14-10)12(16)7-11-8-13-5-6-17-11/h2-4,11,13-14H,5-9H2,1H3. The van der Waals surface area contributed by atoms with E-state index in [1.54, 1.807) is 4.90 Å². The first-order valence-electron chi connectivity index (χ1n) is 5.94. The number of nitrogens with zero attached hydrogens (tertiary/aromatic N) is 1. The summed E-state index contributed by atoms with van der Waals surface area (Å²) in [4.78, 5) is 16.8. The van der Waals surface area contributed by atoms with Crippen molar-refractivity contribution in [2.75, 3.05) is 26.7 Å². The topological polar surface area (TPSA) is 57.4 Å². The molecular weight excluding hydrogens is 218 g/mol. The Balaban J connectivity index is 1.78. The number of hydrogen-bond acceptors (Lipinski definition) is 3. The number of amides is 1. The van der Waals surface area contributed by atoms with E-state index in [0.29, 0.717) is 19.6 Å². The molecule has 1 amide bonds. The third kappa shape index (κ3) is 3.57. The molecule has 2 N–H and O–H groups in total. The van der Waals surface area contributed by atoms with Gasteiger partial charge in [0.15, 0.2) is 0 Å². The fraction of sp³-hybridized carbons (Fsp3) is 0.583. The Morgan fingerprint density at radius 1 is 1.65 bits per heavy atom. The quantitative estimate of drug-likeness (QED) is 0.794. The molecule has 5 nitrogen and oxygen atoms in total. The van der Waals surface area contributed by atoms with Gasteiger partial charge in [0.05, 0.1) is 25.7 Å². The second-order valence-corrected chi connectivity index (χ2v) is 4.35. The number of hydrogen-bond donors (Lipinski definition) is 2. The largest absolute Gasteiger partial charge is 0.375 e. The van der Waals surface area contributed by atoms with Crippen molar-refractivity contribution < 1.29 is 9.53 Å². The van der Waals surface area contributed by atoms with Gasteiger partial charge in [0.2, 0.25) is 5.91 Å². The molecule has 2 heterocycles. The molecule has 1 fully saturated rings. The van der Waals surface area contributed by atoms with Crippen molar-refractivity contribution in [2.45, 2.75) is 19.1 Å². The maximum absolute atomic E-state index is 11.9. The predicted molar refractivity (Wildman–Crippen MR) is 64.5 cm³/mol. The predicted octanol–water partition coefficient (Wildman–Crippen LogP) is 0.352. The molecule has 1 aromatic heterocycles. The van der Waals surface area contributed by atoms with Gasteiger partial charge in [0.25, 0.3) is 0 Å². The zero-order chi connectivity index (χ0) is 12.1. The van der Waals surface area contributed by atoms with Crippen LogP contribution in [-0.2, 0) is 16.1 Å². The Labute approximate surface area is 101 Å². The van der Waals surface area contributed by atoms with E-state index in [2.05, 4.69) is 10.3 Å². The van der Waals surface area contributed by atoms with Crippen molar-refractivity contribution in [2.24, 2.45) is 0 Å². The highest BCUT2D eigenvalue weighted by Gasteiger charge is 2.19. The monoisotopic (exact) mass is 237 g/mol. The van der Waals surface area contributed by atoms with E-state index in [4.69, 9.17) is 4.74 Å². The second-order valence-electron chi connectivity index (χ2n) is 4.35. The van der Waals surface area contributed by atoms with Crippen molar-refractivity contribution in [3.63, 3.8) is 0 Å². The van der Waals surface area contributed by atoms with Crippen LogP contribution in [0, 0.1) is 0 Å². The zero-order valence-corrected chi connectivity index (χ0v) is 10.1. The lowest BCUT2D eigenvalue weighted by atomic mass is 10.2. The van der Waals surface area contributed by atoms with E-state index in [1.807, 2.05) is 25.4 Å². The van der Waals surface area contributed by atoms with Gasteiger partial charge in [-0.1, -0.05) is 0 Å². The Hall–Kier alpha value is -1.33. The highest BCUT2D eigenvalue weighted by Crippen LogP contribution is 2.06. The lowest BCUT2D eigenvalue weighted by Gasteiger charge is -2.25. The molecule has 2 rings (SSSR count). The first-order chi connectivity index (χ1) is 8.25. The molecule has 1 unspecified atom stereocenters. The van der Waals surface area contributed by atoms with E-state index in [0.717, 1.165) is 18.8 Å². The van der Waals surface area contributed by atoms with Gasteiger partial charge >= 0.3 is 0 Å². The minimum Gasteiger partial charge on any atom is -0.375 e. The zero-order valence-electron chi connectivity index (χ0n) is 10.1. The molecule has 1 aromatic rings. The lowest BCUT2D eigenvalue weighted by molar-refractivity contribution is -0.134. The van der Waals surface area contributed by atoms with E-state index in [-0.39, 0.29) is 12.0 Å². The van der Waals surface area contributed by atoms with Crippen molar-refractivity contribution in [3.8, 4) is 0 Å². The number of ether oxygens (including phenoxy) is 1. The van der Waals surface area contributed by atoms with Gasteiger partial charge in [0, 0.05) is 32.0 Å². The molecule has 1 atom stereocenters. The molecule has 1 saturated heterocycles. The van der Waals surface area contributed by atoms with E-state index in [9.17, 15) is 4.79 Å². The lowest BCUT2D eigenvalue weighted by Crippen LogP contribution is -2.41. The van der Waals surface area contributed by atoms with Crippen molar-refractivity contribution in [1.82, 2.24) is 15.2 Å². The minimum atomic E-state index is 0.0161. The van der Waals surface area contributed by atoms with Crippen LogP contribution in [-0.4, -0.2) is 48.6 Å². The molecule has 5 heteroatoms.